The molecule has 2 aliphatic carbocycles. The van der Waals surface area contributed by atoms with E-state index in [1.54, 1.807) is 12.7 Å². The summed E-state index contributed by atoms with van der Waals surface area (Å²) in [6.07, 6.45) is 5.14. The predicted octanol–water partition coefficient (Wildman–Crippen LogP) is 13.3. The molecule has 0 radical (unpaired) electrons. The summed E-state index contributed by atoms with van der Waals surface area (Å²) in [6, 6.07) is 71.2. The van der Waals surface area contributed by atoms with Gasteiger partial charge in [0.2, 0.25) is 0 Å². The minimum atomic E-state index is 0.613. The number of allylic oxidation sites excluding steroid dienone is 5. The Morgan fingerprint density at radius 3 is 1.02 bits per heavy atom. The predicted molar refractivity (Wildman–Crippen MR) is 245 cm³/mol. The maximum atomic E-state index is 5.22. The van der Waals surface area contributed by atoms with Crippen molar-refractivity contribution < 1.29 is 0 Å². The molecule has 4 nitrogen and oxygen atoms in total. The number of benzene rings is 7. The Balaban J connectivity index is 1.46. The van der Waals surface area contributed by atoms with Gasteiger partial charge in [0.15, 0.2) is 5.82 Å². The van der Waals surface area contributed by atoms with Gasteiger partial charge < -0.3 is 0 Å². The first-order valence-electron chi connectivity index (χ1n) is 20.2. The lowest BCUT2D eigenvalue weighted by Crippen LogP contribution is -2.05. The molecule has 280 valence electrons. The number of hydrogen-bond acceptors (Lipinski definition) is 4. The molecule has 4 heteroatoms. The van der Waals surface area contributed by atoms with Crippen molar-refractivity contribution in [1.29, 1.82) is 0 Å². The molecule has 0 spiro atoms. The summed E-state index contributed by atoms with van der Waals surface area (Å²) >= 11 is 0. The average molecular weight is 765 g/mol. The highest BCUT2D eigenvalue weighted by Crippen LogP contribution is 2.66. The van der Waals surface area contributed by atoms with E-state index >= 15 is 0 Å². The molecular weight excluding hydrogens is 729 g/mol. The molecule has 0 N–H and O–H groups in total. The Bertz CT molecular complexity index is 3110. The van der Waals surface area contributed by atoms with Crippen LogP contribution in [0, 0.1) is 0 Å². The summed E-state index contributed by atoms with van der Waals surface area (Å²) in [5.74, 6) is 0.613. The zero-order valence-corrected chi connectivity index (χ0v) is 32.6. The van der Waals surface area contributed by atoms with Crippen molar-refractivity contribution in [3.8, 4) is 44.6 Å². The van der Waals surface area contributed by atoms with E-state index in [9.17, 15) is 0 Å². The molecule has 2 aliphatic rings. The third kappa shape index (κ3) is 5.77. The standard InChI is InChI=1S/C56H36N4/c1-7-21-37(22-8-1)44-46(39-25-11-3-12-26-39)50(43-33-19-20-34-58-43)54-51-47(40-27-13-4-14-28-40)45(38-23-9-2-10-24-38)49(42-31-17-6-18-32-42)52(51)55(56-59-35-57-36-60-56)53(54)48(44)41-29-15-5-16-30-41/h1-36H. The summed E-state index contributed by atoms with van der Waals surface area (Å²) in [5, 5.41) is 0. The quantitative estimate of drug-likeness (QED) is 0.155. The molecular formula is C56H36N4. The number of fused-ring (bicyclic) bond motifs is 3. The summed E-state index contributed by atoms with van der Waals surface area (Å²) < 4.78 is 0. The molecule has 2 heterocycles. The van der Waals surface area contributed by atoms with Gasteiger partial charge in [-0.15, -0.1) is 0 Å². The van der Waals surface area contributed by atoms with Crippen LogP contribution >= 0.6 is 0 Å². The molecule has 0 fully saturated rings. The Morgan fingerprint density at radius 1 is 0.233 bits per heavy atom. The molecule has 9 aromatic rings. The average Bonchev–Trinajstić information content (AvgIpc) is 3.86. The van der Waals surface area contributed by atoms with Crippen LogP contribution in [-0.2, 0) is 0 Å². The molecule has 0 saturated carbocycles. The molecule has 0 aliphatic heterocycles. The Morgan fingerprint density at radius 2 is 0.583 bits per heavy atom. The van der Waals surface area contributed by atoms with Crippen molar-refractivity contribution in [3.05, 3.63) is 258 Å². The molecule has 0 atom stereocenters. The first kappa shape index (κ1) is 35.1. The lowest BCUT2D eigenvalue weighted by molar-refractivity contribution is 1.02. The molecule has 0 amide bonds. The van der Waals surface area contributed by atoms with Gasteiger partial charge in [-0.3, -0.25) is 4.98 Å². The van der Waals surface area contributed by atoms with E-state index < -0.39 is 0 Å². The lowest BCUT2D eigenvalue weighted by Gasteiger charge is -2.27. The SMILES string of the molecule is c1ccc(C2=C(c3ccccc3)C(c3ccccc3)=C3C2=C(c2ncncn2)c2c3c(-c3ccccn3)c(-c3ccccc3)c(-c3ccccc3)c2-c2ccccc2)cc1. The molecule has 7 aromatic carbocycles. The van der Waals surface area contributed by atoms with E-state index in [1.165, 1.54) is 0 Å². The van der Waals surface area contributed by atoms with E-state index in [0.717, 1.165) is 106 Å². The highest BCUT2D eigenvalue weighted by molar-refractivity contribution is 6.41. The van der Waals surface area contributed by atoms with Gasteiger partial charge in [0.1, 0.15) is 12.7 Å². The van der Waals surface area contributed by atoms with Crippen LogP contribution in [0.2, 0.25) is 0 Å². The summed E-state index contributed by atoms with van der Waals surface area (Å²) in [6.45, 7) is 0. The summed E-state index contributed by atoms with van der Waals surface area (Å²) in [7, 11) is 0. The molecule has 2 aromatic heterocycles. The lowest BCUT2D eigenvalue weighted by atomic mass is 9.76. The largest absolute Gasteiger partial charge is 0.256 e. The van der Waals surface area contributed by atoms with E-state index in [-0.39, 0.29) is 0 Å². The van der Waals surface area contributed by atoms with E-state index in [0.29, 0.717) is 5.82 Å². The molecule has 0 saturated heterocycles. The third-order valence-corrected chi connectivity index (χ3v) is 11.5. The van der Waals surface area contributed by atoms with Gasteiger partial charge in [-0.1, -0.05) is 188 Å². The van der Waals surface area contributed by atoms with Crippen LogP contribution in [0.1, 0.15) is 33.6 Å². The van der Waals surface area contributed by atoms with E-state index in [2.05, 4.69) is 199 Å². The van der Waals surface area contributed by atoms with Crippen molar-refractivity contribution in [1.82, 2.24) is 19.9 Å². The monoisotopic (exact) mass is 764 g/mol. The number of rotatable bonds is 8. The second-order valence-electron chi connectivity index (χ2n) is 14.9. The third-order valence-electron chi connectivity index (χ3n) is 11.5. The Hall–Kier alpha value is -8.08. The Kier molecular flexibility index (Phi) is 8.79. The molecule has 11 rings (SSSR count). The normalized spacial score (nSPS) is 13.1. The molecule has 0 bridgehead atoms. The fourth-order valence-electron chi connectivity index (χ4n) is 9.22. The van der Waals surface area contributed by atoms with Crippen molar-refractivity contribution in [2.45, 2.75) is 0 Å². The fraction of sp³-hybridized carbons (Fsp3) is 0. The zero-order chi connectivity index (χ0) is 39.8. The highest BCUT2D eigenvalue weighted by Gasteiger charge is 2.45. The second-order valence-corrected chi connectivity index (χ2v) is 14.9. The van der Waals surface area contributed by atoms with Crippen LogP contribution in [-0.4, -0.2) is 19.9 Å². The number of nitrogens with zero attached hydrogens (tertiary/aromatic N) is 4. The van der Waals surface area contributed by atoms with Gasteiger partial charge in [0.05, 0.1) is 5.69 Å². The first-order chi connectivity index (χ1) is 29.9. The van der Waals surface area contributed by atoms with Gasteiger partial charge in [-0.25, -0.2) is 15.0 Å². The number of pyridine rings is 1. The van der Waals surface area contributed by atoms with Crippen molar-refractivity contribution in [2.24, 2.45) is 0 Å². The zero-order valence-electron chi connectivity index (χ0n) is 32.6. The van der Waals surface area contributed by atoms with Crippen LogP contribution in [0.3, 0.4) is 0 Å². The van der Waals surface area contributed by atoms with Crippen LogP contribution in [0.5, 0.6) is 0 Å². The first-order valence-corrected chi connectivity index (χ1v) is 20.2. The molecule has 0 unspecified atom stereocenters. The minimum Gasteiger partial charge on any atom is -0.256 e. The van der Waals surface area contributed by atoms with Crippen molar-refractivity contribution in [2.75, 3.05) is 0 Å². The van der Waals surface area contributed by atoms with Gasteiger partial charge in [-0.05, 0) is 73.4 Å². The van der Waals surface area contributed by atoms with Crippen molar-refractivity contribution >= 4 is 27.9 Å². The number of hydrogen-bond donors (Lipinski definition) is 0. The van der Waals surface area contributed by atoms with Gasteiger partial charge >= 0.3 is 0 Å². The van der Waals surface area contributed by atoms with Gasteiger partial charge in [0, 0.05) is 45.2 Å². The maximum Gasteiger partial charge on any atom is 0.163 e. The fourth-order valence-corrected chi connectivity index (χ4v) is 9.22. The minimum absolute atomic E-state index is 0.613. The van der Waals surface area contributed by atoms with Gasteiger partial charge in [0.25, 0.3) is 0 Å². The van der Waals surface area contributed by atoms with Crippen molar-refractivity contribution in [3.63, 3.8) is 0 Å². The van der Waals surface area contributed by atoms with Crippen LogP contribution < -0.4 is 0 Å². The topological polar surface area (TPSA) is 51.6 Å². The van der Waals surface area contributed by atoms with Crippen LogP contribution in [0.25, 0.3) is 72.5 Å². The Labute approximate surface area is 349 Å². The number of aromatic nitrogens is 4. The molecule has 60 heavy (non-hydrogen) atoms. The second kappa shape index (κ2) is 15.0. The smallest absolute Gasteiger partial charge is 0.163 e. The van der Waals surface area contributed by atoms with Crippen LogP contribution in [0.4, 0.5) is 0 Å². The maximum absolute atomic E-state index is 5.22. The van der Waals surface area contributed by atoms with E-state index in [4.69, 9.17) is 15.0 Å². The van der Waals surface area contributed by atoms with E-state index in [1.807, 2.05) is 12.3 Å². The highest BCUT2D eigenvalue weighted by atomic mass is 15.0. The summed E-state index contributed by atoms with van der Waals surface area (Å²) in [5.41, 5.74) is 20.8. The summed E-state index contributed by atoms with van der Waals surface area (Å²) in [4.78, 5) is 19.6. The van der Waals surface area contributed by atoms with Crippen LogP contribution in [0.15, 0.2) is 225 Å². The van der Waals surface area contributed by atoms with Gasteiger partial charge in [-0.2, -0.15) is 0 Å².